The van der Waals surface area contributed by atoms with Crippen LogP contribution in [-0.2, 0) is 31.4 Å². The lowest BCUT2D eigenvalue weighted by atomic mass is 10.2. The van der Waals surface area contributed by atoms with Gasteiger partial charge in [0.25, 0.3) is 0 Å². The lowest BCUT2D eigenvalue weighted by molar-refractivity contribution is 0.0600. The topological polar surface area (TPSA) is 107 Å². The quantitative estimate of drug-likeness (QED) is 0.637. The summed E-state index contributed by atoms with van der Waals surface area (Å²) in [6.45, 7) is 0.0415. The van der Waals surface area contributed by atoms with Gasteiger partial charge in [-0.15, -0.1) is 0 Å². The van der Waals surface area contributed by atoms with E-state index in [0.717, 1.165) is 18.1 Å². The van der Waals surface area contributed by atoms with Crippen LogP contribution in [0.3, 0.4) is 0 Å². The van der Waals surface area contributed by atoms with E-state index in [-0.39, 0.29) is 27.3 Å². The minimum absolute atomic E-state index is 0.0415. The summed E-state index contributed by atoms with van der Waals surface area (Å²) in [7, 11) is -7.15. The SMILES string of the molecule is COC(=O)c1ccc(N(S(C)(=O)=O)S(C)(=O)=O)c(OCc2ccccc2)c1. The summed E-state index contributed by atoms with van der Waals surface area (Å²) in [5.74, 6) is -0.756. The molecule has 0 aliphatic carbocycles. The van der Waals surface area contributed by atoms with Crippen LogP contribution in [0, 0.1) is 0 Å². The van der Waals surface area contributed by atoms with E-state index in [1.54, 1.807) is 24.3 Å². The van der Waals surface area contributed by atoms with Crippen molar-refractivity contribution in [1.82, 2.24) is 0 Å². The first kappa shape index (κ1) is 20.7. The van der Waals surface area contributed by atoms with Crippen molar-refractivity contribution in [1.29, 1.82) is 0 Å². The fraction of sp³-hybridized carbons (Fsp3) is 0.235. The predicted molar refractivity (Wildman–Crippen MR) is 101 cm³/mol. The van der Waals surface area contributed by atoms with E-state index in [1.807, 2.05) is 6.07 Å². The van der Waals surface area contributed by atoms with Crippen LogP contribution >= 0.6 is 0 Å². The highest BCUT2D eigenvalue weighted by molar-refractivity contribution is 8.09. The van der Waals surface area contributed by atoms with E-state index in [4.69, 9.17) is 4.74 Å². The number of nitrogens with zero attached hydrogens (tertiary/aromatic N) is 1. The number of methoxy groups -OCH3 is 1. The van der Waals surface area contributed by atoms with Crippen LogP contribution in [-0.4, -0.2) is 42.4 Å². The normalized spacial score (nSPS) is 11.7. The first-order valence-electron chi connectivity index (χ1n) is 7.63. The van der Waals surface area contributed by atoms with Gasteiger partial charge < -0.3 is 9.47 Å². The second kappa shape index (κ2) is 7.97. The molecule has 0 fully saturated rings. The van der Waals surface area contributed by atoms with Crippen molar-refractivity contribution in [3.63, 3.8) is 0 Å². The molecule has 0 unspecified atom stereocenters. The van der Waals surface area contributed by atoms with Crippen molar-refractivity contribution in [2.75, 3.05) is 23.3 Å². The van der Waals surface area contributed by atoms with Crippen LogP contribution in [0.1, 0.15) is 15.9 Å². The van der Waals surface area contributed by atoms with E-state index < -0.39 is 26.0 Å². The highest BCUT2D eigenvalue weighted by Gasteiger charge is 2.30. The zero-order valence-corrected chi connectivity index (χ0v) is 16.6. The van der Waals surface area contributed by atoms with Crippen molar-refractivity contribution >= 4 is 31.7 Å². The molecule has 0 saturated carbocycles. The number of hydrogen-bond donors (Lipinski definition) is 0. The van der Waals surface area contributed by atoms with Crippen molar-refractivity contribution in [2.24, 2.45) is 0 Å². The molecule has 146 valence electrons. The van der Waals surface area contributed by atoms with Crippen molar-refractivity contribution < 1.29 is 31.1 Å². The number of carbonyl (C=O) groups excluding carboxylic acids is 1. The Morgan fingerprint density at radius 1 is 0.963 bits per heavy atom. The highest BCUT2D eigenvalue weighted by atomic mass is 32.3. The molecule has 27 heavy (non-hydrogen) atoms. The zero-order chi connectivity index (χ0) is 20.2. The monoisotopic (exact) mass is 413 g/mol. The Balaban J connectivity index is 2.56. The van der Waals surface area contributed by atoms with E-state index in [0.29, 0.717) is 0 Å². The van der Waals surface area contributed by atoms with Gasteiger partial charge in [-0.05, 0) is 23.8 Å². The van der Waals surface area contributed by atoms with Crippen LogP contribution in [0.5, 0.6) is 5.75 Å². The number of anilines is 1. The van der Waals surface area contributed by atoms with Crippen LogP contribution in [0.15, 0.2) is 48.5 Å². The molecule has 0 saturated heterocycles. The van der Waals surface area contributed by atoms with Gasteiger partial charge in [0.2, 0.25) is 20.0 Å². The summed E-state index contributed by atoms with van der Waals surface area (Å²) in [6, 6.07) is 12.7. The van der Waals surface area contributed by atoms with E-state index in [2.05, 4.69) is 4.74 Å². The smallest absolute Gasteiger partial charge is 0.337 e. The molecule has 2 aromatic carbocycles. The number of ether oxygens (including phenoxy) is 2. The fourth-order valence-electron chi connectivity index (χ4n) is 2.36. The summed E-state index contributed by atoms with van der Waals surface area (Å²) < 4.78 is 58.9. The van der Waals surface area contributed by atoms with E-state index in [1.165, 1.54) is 25.3 Å². The first-order valence-corrected chi connectivity index (χ1v) is 11.3. The van der Waals surface area contributed by atoms with Gasteiger partial charge in [-0.1, -0.05) is 30.3 Å². The lowest BCUT2D eigenvalue weighted by Gasteiger charge is -2.23. The van der Waals surface area contributed by atoms with Gasteiger partial charge in [0.1, 0.15) is 18.0 Å². The zero-order valence-electron chi connectivity index (χ0n) is 14.9. The third-order valence-corrected chi connectivity index (χ3v) is 6.64. The molecule has 0 aromatic heterocycles. The Hall–Kier alpha value is -2.59. The predicted octanol–water partition coefficient (Wildman–Crippen LogP) is 1.78. The second-order valence-corrected chi connectivity index (χ2v) is 9.57. The van der Waals surface area contributed by atoms with Crippen molar-refractivity contribution in [3.8, 4) is 5.75 Å². The minimum atomic E-state index is -4.17. The summed E-state index contributed by atoms with van der Waals surface area (Å²) >= 11 is 0. The maximum atomic E-state index is 12.1. The van der Waals surface area contributed by atoms with Crippen LogP contribution < -0.4 is 8.45 Å². The van der Waals surface area contributed by atoms with Gasteiger partial charge in [0, 0.05) is 0 Å². The molecule has 0 N–H and O–H groups in total. The number of rotatable bonds is 7. The second-order valence-electron chi connectivity index (χ2n) is 5.67. The molecule has 0 heterocycles. The Morgan fingerprint density at radius 2 is 1.56 bits per heavy atom. The van der Waals surface area contributed by atoms with Crippen LogP contribution in [0.4, 0.5) is 5.69 Å². The van der Waals surface area contributed by atoms with Gasteiger partial charge in [-0.2, -0.15) is 3.71 Å². The number of sulfonamides is 2. The molecule has 0 atom stereocenters. The fourth-order valence-corrected chi connectivity index (χ4v) is 5.35. The molecule has 2 aromatic rings. The Labute approximate surface area is 158 Å². The Bertz CT molecular complexity index is 1000. The number of esters is 1. The Morgan fingerprint density at radius 3 is 2.07 bits per heavy atom. The number of carbonyl (C=O) groups is 1. The standard InChI is InChI=1S/C17H19NO7S2/c1-24-17(19)14-9-10-15(18(26(2,20)21)27(3,22)23)16(11-14)25-12-13-7-5-4-6-8-13/h4-11H,12H2,1-3H3. The molecule has 8 nitrogen and oxygen atoms in total. The van der Waals surface area contributed by atoms with Gasteiger partial charge in [0.15, 0.2) is 0 Å². The highest BCUT2D eigenvalue weighted by Crippen LogP contribution is 2.34. The molecular formula is C17H19NO7S2. The van der Waals surface area contributed by atoms with Gasteiger partial charge in [-0.3, -0.25) is 0 Å². The van der Waals surface area contributed by atoms with Crippen LogP contribution in [0.25, 0.3) is 0 Å². The molecule has 0 aliphatic heterocycles. The molecule has 0 bridgehead atoms. The molecular weight excluding hydrogens is 394 g/mol. The summed E-state index contributed by atoms with van der Waals surface area (Å²) in [5, 5.41) is 0. The molecule has 2 rings (SSSR count). The minimum Gasteiger partial charge on any atom is -0.487 e. The Kier molecular flexibility index (Phi) is 6.11. The molecule has 0 amide bonds. The average Bonchev–Trinajstić information content (AvgIpc) is 2.58. The number of benzene rings is 2. The molecule has 0 radical (unpaired) electrons. The number of hydrogen-bond acceptors (Lipinski definition) is 7. The molecule has 10 heteroatoms. The van der Waals surface area contributed by atoms with Gasteiger partial charge in [0.05, 0.1) is 25.2 Å². The molecule has 0 aliphatic rings. The van der Waals surface area contributed by atoms with Gasteiger partial charge >= 0.3 is 5.97 Å². The first-order chi connectivity index (χ1) is 12.5. The average molecular weight is 413 g/mol. The maximum absolute atomic E-state index is 12.1. The van der Waals surface area contributed by atoms with Crippen molar-refractivity contribution in [2.45, 2.75) is 6.61 Å². The third-order valence-electron chi connectivity index (χ3n) is 3.42. The lowest BCUT2D eigenvalue weighted by Crippen LogP contribution is -2.35. The maximum Gasteiger partial charge on any atom is 0.337 e. The van der Waals surface area contributed by atoms with E-state index in [9.17, 15) is 21.6 Å². The van der Waals surface area contributed by atoms with Gasteiger partial charge in [-0.25, -0.2) is 21.6 Å². The van der Waals surface area contributed by atoms with Crippen LogP contribution in [0.2, 0.25) is 0 Å². The summed E-state index contributed by atoms with van der Waals surface area (Å²) in [5.41, 5.74) is 0.645. The molecule has 0 spiro atoms. The largest absolute Gasteiger partial charge is 0.487 e. The summed E-state index contributed by atoms with van der Waals surface area (Å²) in [6.07, 6.45) is 1.53. The van der Waals surface area contributed by atoms with E-state index >= 15 is 0 Å². The third kappa shape index (κ3) is 5.20. The summed E-state index contributed by atoms with van der Waals surface area (Å²) in [4.78, 5) is 11.8. The van der Waals surface area contributed by atoms with Crippen molar-refractivity contribution in [3.05, 3.63) is 59.7 Å².